The van der Waals surface area contributed by atoms with Crippen LogP contribution in [0.5, 0.6) is 0 Å². The monoisotopic (exact) mass is 219 g/mol. The molecule has 1 aromatic rings. The number of benzene rings is 1. The Morgan fingerprint density at radius 3 is 3.12 bits per heavy atom. The van der Waals surface area contributed by atoms with E-state index in [4.69, 9.17) is 4.74 Å². The van der Waals surface area contributed by atoms with Gasteiger partial charge in [-0.3, -0.25) is 0 Å². The molecule has 1 heterocycles. The van der Waals surface area contributed by atoms with Gasteiger partial charge < -0.3 is 10.1 Å². The summed E-state index contributed by atoms with van der Waals surface area (Å²) in [6.45, 7) is 4.96. The Hall–Kier alpha value is -0.860. The quantitative estimate of drug-likeness (QED) is 0.844. The van der Waals surface area contributed by atoms with Crippen molar-refractivity contribution in [3.63, 3.8) is 0 Å². The van der Waals surface area contributed by atoms with Crippen molar-refractivity contribution < 1.29 is 4.74 Å². The van der Waals surface area contributed by atoms with Gasteiger partial charge in [0.05, 0.1) is 0 Å². The van der Waals surface area contributed by atoms with E-state index in [-0.39, 0.29) is 0 Å². The van der Waals surface area contributed by atoms with Crippen LogP contribution in [0, 0.1) is 6.92 Å². The second-order valence-electron chi connectivity index (χ2n) is 4.61. The standard InChI is InChI=1S/C14H21NO/c1-12-4-2-5-13(10-12)11-15-14-6-3-8-16-9-7-14/h2,4-5,10,14-15H,3,6-9,11H2,1H3. The molecule has 0 saturated carbocycles. The van der Waals surface area contributed by atoms with E-state index in [2.05, 4.69) is 36.5 Å². The maximum absolute atomic E-state index is 5.46. The van der Waals surface area contributed by atoms with E-state index < -0.39 is 0 Å². The summed E-state index contributed by atoms with van der Waals surface area (Å²) < 4.78 is 5.46. The summed E-state index contributed by atoms with van der Waals surface area (Å²) in [6.07, 6.45) is 3.57. The third kappa shape index (κ3) is 3.62. The molecule has 1 fully saturated rings. The maximum Gasteiger partial charge on any atom is 0.0480 e. The first kappa shape index (κ1) is 11.6. The highest BCUT2D eigenvalue weighted by atomic mass is 16.5. The van der Waals surface area contributed by atoms with Crippen molar-refractivity contribution in [2.75, 3.05) is 13.2 Å². The van der Waals surface area contributed by atoms with E-state index in [1.54, 1.807) is 0 Å². The van der Waals surface area contributed by atoms with Gasteiger partial charge in [-0.25, -0.2) is 0 Å². The highest BCUT2D eigenvalue weighted by molar-refractivity contribution is 5.22. The Morgan fingerprint density at radius 2 is 2.25 bits per heavy atom. The summed E-state index contributed by atoms with van der Waals surface area (Å²) >= 11 is 0. The second kappa shape index (κ2) is 6.02. The normalized spacial score (nSPS) is 21.7. The Balaban J connectivity index is 1.81. The maximum atomic E-state index is 5.46. The van der Waals surface area contributed by atoms with Crippen molar-refractivity contribution in [1.29, 1.82) is 0 Å². The average Bonchev–Trinajstić information content (AvgIpc) is 2.55. The molecule has 1 aromatic carbocycles. The van der Waals surface area contributed by atoms with Crippen LogP contribution < -0.4 is 5.32 Å². The summed E-state index contributed by atoms with van der Waals surface area (Å²) in [4.78, 5) is 0. The van der Waals surface area contributed by atoms with E-state index in [0.717, 1.165) is 26.2 Å². The summed E-state index contributed by atoms with van der Waals surface area (Å²) in [5.41, 5.74) is 2.72. The molecular formula is C14H21NO. The van der Waals surface area contributed by atoms with Gasteiger partial charge in [0.2, 0.25) is 0 Å². The number of hydrogen-bond donors (Lipinski definition) is 1. The van der Waals surface area contributed by atoms with Gasteiger partial charge in [-0.2, -0.15) is 0 Å². The molecule has 0 bridgehead atoms. The fourth-order valence-electron chi connectivity index (χ4n) is 2.19. The van der Waals surface area contributed by atoms with E-state index >= 15 is 0 Å². The lowest BCUT2D eigenvalue weighted by molar-refractivity contribution is 0.142. The highest BCUT2D eigenvalue weighted by Crippen LogP contribution is 2.10. The number of hydrogen-bond acceptors (Lipinski definition) is 2. The molecule has 1 N–H and O–H groups in total. The van der Waals surface area contributed by atoms with Crippen LogP contribution in [0.3, 0.4) is 0 Å². The molecule has 88 valence electrons. The Morgan fingerprint density at radius 1 is 1.31 bits per heavy atom. The van der Waals surface area contributed by atoms with Gasteiger partial charge in [-0.15, -0.1) is 0 Å². The van der Waals surface area contributed by atoms with E-state index in [1.807, 2.05) is 0 Å². The van der Waals surface area contributed by atoms with Crippen molar-refractivity contribution >= 4 is 0 Å². The van der Waals surface area contributed by atoms with Gasteiger partial charge in [0.1, 0.15) is 0 Å². The Kier molecular flexibility index (Phi) is 4.37. The molecule has 2 heteroatoms. The first-order valence-electron chi connectivity index (χ1n) is 6.21. The summed E-state index contributed by atoms with van der Waals surface area (Å²) in [7, 11) is 0. The van der Waals surface area contributed by atoms with Crippen molar-refractivity contribution in [1.82, 2.24) is 5.32 Å². The van der Waals surface area contributed by atoms with E-state index in [1.165, 1.54) is 24.0 Å². The molecule has 1 aliphatic rings. The minimum atomic E-state index is 0.628. The lowest BCUT2D eigenvalue weighted by atomic mass is 10.1. The van der Waals surface area contributed by atoms with Crippen LogP contribution in [0.4, 0.5) is 0 Å². The molecule has 1 atom stereocenters. The van der Waals surface area contributed by atoms with Crippen LogP contribution in [0.25, 0.3) is 0 Å². The fourth-order valence-corrected chi connectivity index (χ4v) is 2.19. The summed E-state index contributed by atoms with van der Waals surface area (Å²) in [5.74, 6) is 0. The van der Waals surface area contributed by atoms with Crippen molar-refractivity contribution in [3.05, 3.63) is 35.4 Å². The molecule has 0 amide bonds. The number of rotatable bonds is 3. The molecule has 1 aliphatic heterocycles. The zero-order chi connectivity index (χ0) is 11.2. The third-order valence-electron chi connectivity index (χ3n) is 3.13. The largest absolute Gasteiger partial charge is 0.381 e. The molecule has 0 spiro atoms. The molecule has 0 aromatic heterocycles. The topological polar surface area (TPSA) is 21.3 Å². The summed E-state index contributed by atoms with van der Waals surface area (Å²) in [5, 5.41) is 3.63. The number of aryl methyl sites for hydroxylation is 1. The SMILES string of the molecule is Cc1cccc(CNC2CCCOCC2)c1. The fraction of sp³-hybridized carbons (Fsp3) is 0.571. The van der Waals surface area contributed by atoms with Crippen LogP contribution in [-0.4, -0.2) is 19.3 Å². The van der Waals surface area contributed by atoms with Crippen LogP contribution in [-0.2, 0) is 11.3 Å². The second-order valence-corrected chi connectivity index (χ2v) is 4.61. The van der Waals surface area contributed by atoms with Gasteiger partial charge in [-0.1, -0.05) is 29.8 Å². The molecule has 1 saturated heterocycles. The lowest BCUT2D eigenvalue weighted by Crippen LogP contribution is -2.28. The average molecular weight is 219 g/mol. The first-order chi connectivity index (χ1) is 7.84. The first-order valence-corrected chi connectivity index (χ1v) is 6.21. The molecule has 2 rings (SSSR count). The van der Waals surface area contributed by atoms with Crippen LogP contribution >= 0.6 is 0 Å². The van der Waals surface area contributed by atoms with E-state index in [9.17, 15) is 0 Å². The van der Waals surface area contributed by atoms with Gasteiger partial charge in [-0.05, 0) is 31.7 Å². The lowest BCUT2D eigenvalue weighted by Gasteiger charge is -2.15. The molecule has 0 aliphatic carbocycles. The smallest absolute Gasteiger partial charge is 0.0480 e. The zero-order valence-corrected chi connectivity index (χ0v) is 10.0. The van der Waals surface area contributed by atoms with Gasteiger partial charge in [0.25, 0.3) is 0 Å². The van der Waals surface area contributed by atoms with Crippen molar-refractivity contribution in [2.45, 2.75) is 38.8 Å². The Labute approximate surface area is 98.0 Å². The van der Waals surface area contributed by atoms with Gasteiger partial charge in [0, 0.05) is 25.8 Å². The van der Waals surface area contributed by atoms with Gasteiger partial charge in [0.15, 0.2) is 0 Å². The zero-order valence-electron chi connectivity index (χ0n) is 10.0. The van der Waals surface area contributed by atoms with Crippen LogP contribution in [0.15, 0.2) is 24.3 Å². The third-order valence-corrected chi connectivity index (χ3v) is 3.13. The van der Waals surface area contributed by atoms with Crippen LogP contribution in [0.1, 0.15) is 30.4 Å². The van der Waals surface area contributed by atoms with Crippen molar-refractivity contribution in [3.8, 4) is 0 Å². The minimum Gasteiger partial charge on any atom is -0.381 e. The van der Waals surface area contributed by atoms with Crippen LogP contribution in [0.2, 0.25) is 0 Å². The molecule has 1 unspecified atom stereocenters. The predicted octanol–water partition coefficient (Wildman–Crippen LogP) is 2.65. The molecule has 2 nitrogen and oxygen atoms in total. The van der Waals surface area contributed by atoms with Gasteiger partial charge >= 0.3 is 0 Å². The highest BCUT2D eigenvalue weighted by Gasteiger charge is 2.11. The molecular weight excluding hydrogens is 198 g/mol. The molecule has 0 radical (unpaired) electrons. The number of nitrogens with one attached hydrogen (secondary N) is 1. The number of ether oxygens (including phenoxy) is 1. The predicted molar refractivity (Wildman–Crippen MR) is 66.5 cm³/mol. The summed E-state index contributed by atoms with van der Waals surface area (Å²) in [6, 6.07) is 9.34. The van der Waals surface area contributed by atoms with E-state index in [0.29, 0.717) is 6.04 Å². The Bertz CT molecular complexity index is 316. The minimum absolute atomic E-state index is 0.628. The van der Waals surface area contributed by atoms with Crippen molar-refractivity contribution in [2.24, 2.45) is 0 Å². The molecule has 16 heavy (non-hydrogen) atoms.